The van der Waals surface area contributed by atoms with Crippen LogP contribution in [0.15, 0.2) is 12.2 Å². The first-order valence-corrected chi connectivity index (χ1v) is 10.1. The van der Waals surface area contributed by atoms with Crippen LogP contribution in [0.3, 0.4) is 0 Å². The lowest BCUT2D eigenvalue weighted by Gasteiger charge is -2.73. The van der Waals surface area contributed by atoms with Gasteiger partial charge in [0.1, 0.15) is 0 Å². The average Bonchev–Trinajstić information content (AvgIpc) is 2.75. The number of ether oxygens (including phenoxy) is 2. The van der Waals surface area contributed by atoms with E-state index in [4.69, 9.17) is 9.47 Å². The number of hydrogen-bond donors (Lipinski definition) is 3. The second kappa shape index (κ2) is 5.22. The highest BCUT2D eigenvalue weighted by Crippen LogP contribution is 2.75. The number of aliphatic hydroxyl groups excluding tert-OH is 3. The second-order valence-corrected chi connectivity index (χ2v) is 10.1. The van der Waals surface area contributed by atoms with Gasteiger partial charge in [-0.15, -0.1) is 0 Å². The van der Waals surface area contributed by atoms with E-state index in [-0.39, 0.29) is 17.1 Å². The fourth-order valence-electron chi connectivity index (χ4n) is 8.06. The highest BCUT2D eigenvalue weighted by molar-refractivity contribution is 6.04. The third-order valence-electron chi connectivity index (χ3n) is 9.02. The van der Waals surface area contributed by atoms with Gasteiger partial charge >= 0.3 is 0 Å². The minimum absolute atomic E-state index is 0.0353. The second-order valence-electron chi connectivity index (χ2n) is 10.1. The van der Waals surface area contributed by atoms with Crippen molar-refractivity contribution in [3.63, 3.8) is 0 Å². The molecule has 0 unspecified atom stereocenters. The van der Waals surface area contributed by atoms with Gasteiger partial charge in [-0.05, 0) is 42.6 Å². The smallest absolute Gasteiger partial charge is 0.170 e. The first-order valence-electron chi connectivity index (χ1n) is 10.1. The molecular weight excluding hydrogens is 348 g/mol. The molecule has 0 aromatic heterocycles. The van der Waals surface area contributed by atoms with Crippen molar-refractivity contribution < 1.29 is 29.6 Å². The van der Waals surface area contributed by atoms with Crippen LogP contribution in [-0.2, 0) is 14.3 Å². The lowest BCUT2D eigenvalue weighted by atomic mass is 9.36. The van der Waals surface area contributed by atoms with E-state index in [1.54, 1.807) is 7.11 Å². The summed E-state index contributed by atoms with van der Waals surface area (Å²) in [5.41, 5.74) is -1.83. The predicted octanol–water partition coefficient (Wildman–Crippen LogP) is 1.03. The van der Waals surface area contributed by atoms with Crippen molar-refractivity contribution in [2.24, 2.45) is 34.0 Å². The molecule has 2 saturated heterocycles. The van der Waals surface area contributed by atoms with E-state index >= 15 is 0 Å². The molecule has 150 valence electrons. The summed E-state index contributed by atoms with van der Waals surface area (Å²) in [7, 11) is 1.56. The first-order chi connectivity index (χ1) is 12.6. The molecule has 10 atom stereocenters. The molecule has 2 spiro atoms. The summed E-state index contributed by atoms with van der Waals surface area (Å²) < 4.78 is 12.0. The maximum atomic E-state index is 13.4. The van der Waals surface area contributed by atoms with Crippen LogP contribution in [0.2, 0.25) is 0 Å². The van der Waals surface area contributed by atoms with Crippen LogP contribution in [0.25, 0.3) is 0 Å². The average molecular weight is 378 g/mol. The van der Waals surface area contributed by atoms with Crippen LogP contribution in [0.1, 0.15) is 39.5 Å². The SMILES string of the molecule is C=C1C(=O)[C@]23[C@@H]4C[C@@H]5C(C)(C)CC[C@@H](O)[C@@]5([C@H](OC)O4)[C@@H]2[C@@H](O)C[C@@H]1[C@H]3O. The van der Waals surface area contributed by atoms with Gasteiger partial charge in [0.15, 0.2) is 12.1 Å². The number of aliphatic hydroxyl groups is 3. The molecule has 0 radical (unpaired) electrons. The number of methoxy groups -OCH3 is 1. The van der Waals surface area contributed by atoms with E-state index in [2.05, 4.69) is 20.4 Å². The summed E-state index contributed by atoms with van der Waals surface area (Å²) >= 11 is 0. The number of ketones is 1. The molecule has 6 nitrogen and oxygen atoms in total. The minimum Gasteiger partial charge on any atom is -0.393 e. The number of rotatable bonds is 1. The van der Waals surface area contributed by atoms with Crippen molar-refractivity contribution in [3.8, 4) is 0 Å². The molecular formula is C21H30O6. The van der Waals surface area contributed by atoms with Crippen molar-refractivity contribution in [1.82, 2.24) is 0 Å². The van der Waals surface area contributed by atoms with Gasteiger partial charge in [-0.1, -0.05) is 20.4 Å². The van der Waals surface area contributed by atoms with Crippen LogP contribution in [-0.4, -0.2) is 58.9 Å². The number of fused-ring (bicyclic) bond motifs is 2. The Morgan fingerprint density at radius 2 is 1.93 bits per heavy atom. The lowest BCUT2D eigenvalue weighted by Crippen LogP contribution is -2.81. The molecule has 6 heteroatoms. The van der Waals surface area contributed by atoms with Gasteiger partial charge in [-0.2, -0.15) is 0 Å². The van der Waals surface area contributed by atoms with Crippen molar-refractivity contribution in [2.75, 3.05) is 7.11 Å². The molecule has 0 aromatic rings. The van der Waals surface area contributed by atoms with Crippen molar-refractivity contribution in [1.29, 1.82) is 0 Å². The molecule has 6 fully saturated rings. The van der Waals surface area contributed by atoms with Crippen LogP contribution >= 0.6 is 0 Å². The van der Waals surface area contributed by atoms with Crippen LogP contribution < -0.4 is 0 Å². The predicted molar refractivity (Wildman–Crippen MR) is 95.4 cm³/mol. The Balaban J connectivity index is 1.79. The Bertz CT molecular complexity index is 717. The summed E-state index contributed by atoms with van der Waals surface area (Å²) in [5, 5.41) is 33.9. The Hall–Kier alpha value is -0.790. The Kier molecular flexibility index (Phi) is 3.53. The molecule has 0 amide bonds. The van der Waals surface area contributed by atoms with Crippen molar-refractivity contribution in [3.05, 3.63) is 12.2 Å². The van der Waals surface area contributed by atoms with E-state index in [9.17, 15) is 20.1 Å². The van der Waals surface area contributed by atoms with Gasteiger partial charge < -0.3 is 24.8 Å². The van der Waals surface area contributed by atoms with Crippen molar-refractivity contribution >= 4 is 5.78 Å². The molecule has 6 rings (SSSR count). The topological polar surface area (TPSA) is 96.2 Å². The monoisotopic (exact) mass is 378 g/mol. The molecule has 27 heavy (non-hydrogen) atoms. The Morgan fingerprint density at radius 3 is 2.59 bits per heavy atom. The van der Waals surface area contributed by atoms with E-state index in [0.717, 1.165) is 6.42 Å². The number of carbonyl (C=O) groups is 1. The van der Waals surface area contributed by atoms with E-state index in [0.29, 0.717) is 24.8 Å². The van der Waals surface area contributed by atoms with Gasteiger partial charge in [-0.3, -0.25) is 4.79 Å². The highest BCUT2D eigenvalue weighted by Gasteiger charge is 2.83. The fraction of sp³-hybridized carbons (Fsp3) is 0.857. The third-order valence-corrected chi connectivity index (χ3v) is 9.02. The minimum atomic E-state index is -1.22. The molecule has 3 N–H and O–H groups in total. The summed E-state index contributed by atoms with van der Waals surface area (Å²) in [4.78, 5) is 13.4. The quantitative estimate of drug-likeness (QED) is 0.590. The summed E-state index contributed by atoms with van der Waals surface area (Å²) in [5.74, 6) is -1.18. The third kappa shape index (κ3) is 1.71. The number of carbonyl (C=O) groups excluding carboxylic acids is 1. The molecule has 4 aliphatic carbocycles. The molecule has 2 aliphatic heterocycles. The van der Waals surface area contributed by atoms with Crippen LogP contribution in [0.4, 0.5) is 0 Å². The lowest BCUT2D eigenvalue weighted by molar-refractivity contribution is -0.415. The van der Waals surface area contributed by atoms with Crippen molar-refractivity contribution in [2.45, 2.75) is 70.2 Å². The molecule has 4 saturated carbocycles. The zero-order chi connectivity index (χ0) is 19.5. The first kappa shape index (κ1) is 18.3. The standard InChI is InChI=1S/C21H30O6/c1-9-10-7-11(22)15-20-12(19(2,3)6-5-13(20)23)8-14(27-18(20)26-4)21(15,16(9)24)17(10)25/h10-15,17-18,22-23,25H,1,5-8H2,2-4H3/t10-,11-,12+,13+,14-,15-,17+,18+,20+,21-/m0/s1. The Morgan fingerprint density at radius 1 is 1.22 bits per heavy atom. The molecule has 0 aromatic carbocycles. The zero-order valence-electron chi connectivity index (χ0n) is 16.2. The maximum Gasteiger partial charge on any atom is 0.170 e. The van der Waals surface area contributed by atoms with E-state index < -0.39 is 53.4 Å². The highest BCUT2D eigenvalue weighted by atomic mass is 16.7. The Labute approximate surface area is 159 Å². The summed E-state index contributed by atoms with van der Waals surface area (Å²) in [6, 6.07) is 0. The van der Waals surface area contributed by atoms with Gasteiger partial charge in [0.25, 0.3) is 0 Å². The van der Waals surface area contributed by atoms with Gasteiger partial charge in [0, 0.05) is 18.9 Å². The summed E-state index contributed by atoms with van der Waals surface area (Å²) in [6.45, 7) is 8.33. The largest absolute Gasteiger partial charge is 0.393 e. The van der Waals surface area contributed by atoms with Gasteiger partial charge in [0.05, 0.1) is 35.2 Å². The molecule has 2 heterocycles. The normalized spacial score (nSPS) is 58.1. The van der Waals surface area contributed by atoms with Crippen LogP contribution in [0.5, 0.6) is 0 Å². The number of hydrogen-bond acceptors (Lipinski definition) is 6. The fourth-order valence-corrected chi connectivity index (χ4v) is 8.06. The maximum absolute atomic E-state index is 13.4. The number of Topliss-reactive ketones (excluding diaryl/α,β-unsaturated/α-hetero) is 1. The van der Waals surface area contributed by atoms with E-state index in [1.807, 2.05) is 0 Å². The van der Waals surface area contributed by atoms with Crippen LogP contribution in [0, 0.1) is 34.0 Å². The summed E-state index contributed by atoms with van der Waals surface area (Å²) in [6.07, 6.45) is -1.44. The van der Waals surface area contributed by atoms with Gasteiger partial charge in [-0.25, -0.2) is 0 Å². The molecule has 6 aliphatic rings. The molecule has 4 bridgehead atoms. The van der Waals surface area contributed by atoms with E-state index in [1.165, 1.54) is 0 Å². The zero-order valence-corrected chi connectivity index (χ0v) is 16.2. The van der Waals surface area contributed by atoms with Gasteiger partial charge in [0.2, 0.25) is 0 Å².